The molecule has 7 heteroatoms. The fourth-order valence-electron chi connectivity index (χ4n) is 4.77. The number of allylic oxidation sites excluding steroid dienone is 1. The van der Waals surface area contributed by atoms with Gasteiger partial charge in [-0.05, 0) is 52.3 Å². The molecule has 6 nitrogen and oxygen atoms in total. The monoisotopic (exact) mass is 499 g/mol. The van der Waals surface area contributed by atoms with Crippen molar-refractivity contribution in [2.75, 3.05) is 6.61 Å². The van der Waals surface area contributed by atoms with Crippen LogP contribution in [0.15, 0.2) is 75.8 Å². The number of carbonyl (C=O) groups is 1. The molecule has 5 rings (SSSR count). The van der Waals surface area contributed by atoms with Crippen molar-refractivity contribution >= 4 is 34.3 Å². The molecule has 0 aliphatic carbocycles. The van der Waals surface area contributed by atoms with Gasteiger partial charge in [0, 0.05) is 28.7 Å². The van der Waals surface area contributed by atoms with E-state index in [1.165, 1.54) is 11.3 Å². The fraction of sp³-hybridized carbons (Fsp3) is 0.276. The number of benzene rings is 2. The number of carbonyl (C=O) groups excluding carboxylic acids is 1. The highest BCUT2D eigenvalue weighted by molar-refractivity contribution is 7.07. The molecule has 0 N–H and O–H groups in total. The Kier molecular flexibility index (Phi) is 6.26. The highest BCUT2D eigenvalue weighted by Crippen LogP contribution is 2.31. The minimum atomic E-state index is -0.597. The number of hydrogen-bond acceptors (Lipinski definition) is 5. The SMILES string of the molecule is CCOC(=O)C1=C(C)N=c2s/c(=C\c3cn(C(C)C)c4ccccc34)c(=O)n2[C@@H]1c1ccc(C)cc1. The third kappa shape index (κ3) is 4.03. The van der Waals surface area contributed by atoms with E-state index >= 15 is 0 Å². The quantitative estimate of drug-likeness (QED) is 0.376. The van der Waals surface area contributed by atoms with E-state index in [2.05, 4.69) is 41.7 Å². The summed E-state index contributed by atoms with van der Waals surface area (Å²) in [6, 6.07) is 15.8. The number of esters is 1. The highest BCUT2D eigenvalue weighted by Gasteiger charge is 2.33. The Labute approximate surface area is 213 Å². The van der Waals surface area contributed by atoms with Crippen LogP contribution in [0, 0.1) is 6.92 Å². The van der Waals surface area contributed by atoms with Gasteiger partial charge in [0.2, 0.25) is 0 Å². The summed E-state index contributed by atoms with van der Waals surface area (Å²) in [4.78, 5) is 32.2. The van der Waals surface area contributed by atoms with E-state index in [1.807, 2.05) is 49.4 Å². The number of aromatic nitrogens is 2. The second-order valence-corrected chi connectivity index (χ2v) is 10.3. The number of hydrogen-bond donors (Lipinski definition) is 0. The minimum absolute atomic E-state index is 0.167. The predicted octanol–water partition coefficient (Wildman–Crippen LogP) is 4.64. The maximum absolute atomic E-state index is 13.9. The van der Waals surface area contributed by atoms with Gasteiger partial charge in [-0.15, -0.1) is 0 Å². The van der Waals surface area contributed by atoms with Gasteiger partial charge in [0.15, 0.2) is 4.80 Å². The molecule has 184 valence electrons. The number of rotatable bonds is 5. The Morgan fingerprint density at radius 3 is 2.56 bits per heavy atom. The zero-order chi connectivity index (χ0) is 25.6. The van der Waals surface area contributed by atoms with E-state index in [0.29, 0.717) is 20.6 Å². The largest absolute Gasteiger partial charge is 0.463 e. The van der Waals surface area contributed by atoms with E-state index < -0.39 is 12.0 Å². The molecule has 0 radical (unpaired) electrons. The molecule has 1 atom stereocenters. The van der Waals surface area contributed by atoms with E-state index in [4.69, 9.17) is 4.74 Å². The van der Waals surface area contributed by atoms with Gasteiger partial charge in [0.05, 0.1) is 28.5 Å². The van der Waals surface area contributed by atoms with Crippen LogP contribution in [-0.2, 0) is 9.53 Å². The number of fused-ring (bicyclic) bond motifs is 2. The standard InChI is InChI=1S/C29H29N3O3S/c1-6-35-28(34)25-19(5)30-29-32(26(25)20-13-11-18(4)12-14-20)27(33)24(36-29)15-21-16-31(17(2)3)23-10-8-7-9-22(21)23/h7-17,26H,6H2,1-5H3/b24-15-/t26-/m1/s1. The molecule has 1 aliphatic rings. The summed E-state index contributed by atoms with van der Waals surface area (Å²) in [5, 5.41) is 1.09. The molecular weight excluding hydrogens is 470 g/mol. The lowest BCUT2D eigenvalue weighted by Crippen LogP contribution is -2.39. The summed E-state index contributed by atoms with van der Waals surface area (Å²) in [6.45, 7) is 10.1. The number of thiazole rings is 1. The first kappa shape index (κ1) is 24.0. The van der Waals surface area contributed by atoms with Crippen molar-refractivity contribution in [3.8, 4) is 0 Å². The normalized spacial score (nSPS) is 15.9. The van der Waals surface area contributed by atoms with Gasteiger partial charge in [-0.2, -0.15) is 0 Å². The van der Waals surface area contributed by atoms with Crippen LogP contribution in [0.3, 0.4) is 0 Å². The van der Waals surface area contributed by atoms with Gasteiger partial charge in [0.25, 0.3) is 5.56 Å². The van der Waals surface area contributed by atoms with Gasteiger partial charge in [0.1, 0.15) is 0 Å². The van der Waals surface area contributed by atoms with Crippen molar-refractivity contribution in [1.29, 1.82) is 0 Å². The molecule has 0 fully saturated rings. The molecule has 3 heterocycles. The average molecular weight is 500 g/mol. The number of nitrogens with zero attached hydrogens (tertiary/aromatic N) is 3. The predicted molar refractivity (Wildman–Crippen MR) is 144 cm³/mol. The van der Waals surface area contributed by atoms with Crippen molar-refractivity contribution in [3.63, 3.8) is 0 Å². The molecule has 2 aromatic heterocycles. The molecule has 1 aliphatic heterocycles. The molecule has 2 aromatic carbocycles. The highest BCUT2D eigenvalue weighted by atomic mass is 32.1. The fourth-order valence-corrected chi connectivity index (χ4v) is 5.81. The van der Waals surface area contributed by atoms with Crippen molar-refractivity contribution in [2.45, 2.75) is 46.7 Å². The van der Waals surface area contributed by atoms with Crippen LogP contribution in [0.2, 0.25) is 0 Å². The summed E-state index contributed by atoms with van der Waals surface area (Å²) < 4.78 is 9.82. The molecule has 0 saturated carbocycles. The van der Waals surface area contributed by atoms with Gasteiger partial charge in [-0.1, -0.05) is 59.4 Å². The first-order chi connectivity index (χ1) is 17.3. The molecule has 0 spiro atoms. The second kappa shape index (κ2) is 9.39. The first-order valence-corrected chi connectivity index (χ1v) is 13.0. The zero-order valence-electron chi connectivity index (χ0n) is 21.1. The molecule has 0 bridgehead atoms. The number of aryl methyl sites for hydroxylation is 1. The third-order valence-electron chi connectivity index (χ3n) is 6.52. The van der Waals surface area contributed by atoms with Crippen LogP contribution >= 0.6 is 11.3 Å². The van der Waals surface area contributed by atoms with Crippen LogP contribution in [0.25, 0.3) is 17.0 Å². The molecule has 0 saturated heterocycles. The molecule has 0 unspecified atom stereocenters. The number of para-hydroxylation sites is 1. The summed E-state index contributed by atoms with van der Waals surface area (Å²) >= 11 is 1.35. The molecular formula is C29H29N3O3S. The maximum Gasteiger partial charge on any atom is 0.338 e. The summed E-state index contributed by atoms with van der Waals surface area (Å²) in [7, 11) is 0. The van der Waals surface area contributed by atoms with E-state index in [9.17, 15) is 9.59 Å². The minimum Gasteiger partial charge on any atom is -0.463 e. The Hall–Kier alpha value is -3.71. The smallest absolute Gasteiger partial charge is 0.338 e. The lowest BCUT2D eigenvalue weighted by molar-refractivity contribution is -0.139. The molecule has 4 aromatic rings. The van der Waals surface area contributed by atoms with Crippen LogP contribution in [0.1, 0.15) is 56.5 Å². The van der Waals surface area contributed by atoms with Crippen molar-refractivity contribution in [2.24, 2.45) is 4.99 Å². The Balaban J connectivity index is 1.75. The Morgan fingerprint density at radius 2 is 1.86 bits per heavy atom. The lowest BCUT2D eigenvalue weighted by Gasteiger charge is -2.24. The molecule has 36 heavy (non-hydrogen) atoms. The Bertz CT molecular complexity index is 1680. The third-order valence-corrected chi connectivity index (χ3v) is 7.51. The van der Waals surface area contributed by atoms with Crippen LogP contribution < -0.4 is 14.9 Å². The van der Waals surface area contributed by atoms with Crippen molar-refractivity contribution in [1.82, 2.24) is 9.13 Å². The summed E-state index contributed by atoms with van der Waals surface area (Å²) in [5.74, 6) is -0.446. The first-order valence-electron chi connectivity index (χ1n) is 12.2. The van der Waals surface area contributed by atoms with Gasteiger partial charge in [-0.25, -0.2) is 9.79 Å². The van der Waals surface area contributed by atoms with Gasteiger partial charge in [-0.3, -0.25) is 9.36 Å². The van der Waals surface area contributed by atoms with Gasteiger partial charge >= 0.3 is 5.97 Å². The number of ether oxygens (including phenoxy) is 1. The van der Waals surface area contributed by atoms with E-state index in [-0.39, 0.29) is 18.2 Å². The van der Waals surface area contributed by atoms with Crippen molar-refractivity contribution < 1.29 is 9.53 Å². The average Bonchev–Trinajstić information content (AvgIpc) is 3.37. The van der Waals surface area contributed by atoms with E-state index in [1.54, 1.807) is 18.4 Å². The second-order valence-electron chi connectivity index (χ2n) is 9.32. The van der Waals surface area contributed by atoms with Gasteiger partial charge < -0.3 is 9.30 Å². The topological polar surface area (TPSA) is 65.6 Å². The molecule has 0 amide bonds. The van der Waals surface area contributed by atoms with Crippen molar-refractivity contribution in [3.05, 3.63) is 102 Å². The summed E-state index contributed by atoms with van der Waals surface area (Å²) in [6.07, 6.45) is 4.04. The van der Waals surface area contributed by atoms with Crippen LogP contribution in [0.4, 0.5) is 0 Å². The van der Waals surface area contributed by atoms with E-state index in [0.717, 1.165) is 27.6 Å². The lowest BCUT2D eigenvalue weighted by atomic mass is 9.95. The zero-order valence-corrected chi connectivity index (χ0v) is 21.9. The van der Waals surface area contributed by atoms with Crippen LogP contribution in [-0.4, -0.2) is 21.7 Å². The summed E-state index contributed by atoms with van der Waals surface area (Å²) in [5.41, 5.74) is 4.87. The van der Waals surface area contributed by atoms with Crippen LogP contribution in [0.5, 0.6) is 0 Å². The Morgan fingerprint density at radius 1 is 1.14 bits per heavy atom. The maximum atomic E-state index is 13.9.